The van der Waals surface area contributed by atoms with Crippen molar-refractivity contribution >= 4 is 94.6 Å². The maximum absolute atomic E-state index is 11.7. The topological polar surface area (TPSA) is 60.4 Å². The quantitative estimate of drug-likeness (QED) is 0.235. The van der Waals surface area contributed by atoms with Crippen LogP contribution in [0.3, 0.4) is 0 Å². The van der Waals surface area contributed by atoms with E-state index < -0.39 is 11.0 Å². The molecule has 1 heterocycles. The summed E-state index contributed by atoms with van der Waals surface area (Å²) in [6, 6.07) is 7.22. The van der Waals surface area contributed by atoms with Gasteiger partial charge in [-0.25, -0.2) is 4.79 Å². The first-order valence-corrected chi connectivity index (χ1v) is 15.3. The number of carbonyl (C=O) groups is 1. The van der Waals surface area contributed by atoms with E-state index in [-0.39, 0.29) is 18.7 Å². The fourth-order valence-electron chi connectivity index (χ4n) is 1.71. The zero-order valence-corrected chi connectivity index (χ0v) is 18.7. The molecule has 2 rings (SSSR count). The molecule has 0 atom stereocenters. The molecule has 25 heavy (non-hydrogen) atoms. The first-order chi connectivity index (χ1) is 11.4. The van der Waals surface area contributed by atoms with Gasteiger partial charge in [0.2, 0.25) is 0 Å². The van der Waals surface area contributed by atoms with Crippen LogP contribution in [-0.4, -0.2) is 12.6 Å². The first-order valence-electron chi connectivity index (χ1n) is 6.37. The second-order valence-corrected chi connectivity index (χ2v) is 17.5. The van der Waals surface area contributed by atoms with Gasteiger partial charge in [-0.2, -0.15) is 0 Å². The standard InChI is InChI=1S/C13H11Cl2O3PS.Cl3OP/c1-2-5-18-13(16)12-7-10-6-9(8-19(14,15)17)3-4-11(10)20-12;1-5(2,3)4/h2-4,6-7H,1,5,8H2;. The second kappa shape index (κ2) is 10.0. The van der Waals surface area contributed by atoms with Crippen LogP contribution in [0.4, 0.5) is 0 Å². The molecule has 0 radical (unpaired) electrons. The Balaban J connectivity index is 0.000000550. The molecular weight excluding hydrogens is 491 g/mol. The Kier molecular flexibility index (Phi) is 9.35. The van der Waals surface area contributed by atoms with E-state index in [9.17, 15) is 13.9 Å². The lowest BCUT2D eigenvalue weighted by atomic mass is 10.2. The fraction of sp³-hybridized carbons (Fsp3) is 0.154. The summed E-state index contributed by atoms with van der Waals surface area (Å²) in [5.74, 6) is -3.53. The van der Waals surface area contributed by atoms with Crippen LogP contribution in [0.5, 0.6) is 0 Å². The highest BCUT2D eigenvalue weighted by molar-refractivity contribution is 8.24. The maximum Gasteiger partial charge on any atom is 0.348 e. The minimum Gasteiger partial charge on any atom is -0.457 e. The van der Waals surface area contributed by atoms with E-state index in [4.69, 9.17) is 27.2 Å². The van der Waals surface area contributed by atoms with Crippen LogP contribution in [0, 0.1) is 0 Å². The van der Waals surface area contributed by atoms with Crippen LogP contribution in [-0.2, 0) is 20.0 Å². The van der Waals surface area contributed by atoms with Crippen LogP contribution in [0.1, 0.15) is 15.2 Å². The molecule has 1 aromatic heterocycles. The molecule has 0 aliphatic carbocycles. The van der Waals surface area contributed by atoms with Crippen LogP contribution < -0.4 is 0 Å². The molecule has 4 nitrogen and oxygen atoms in total. The summed E-state index contributed by atoms with van der Waals surface area (Å²) in [4.78, 5) is 12.3. The van der Waals surface area contributed by atoms with Gasteiger partial charge in [0.15, 0.2) is 0 Å². The van der Waals surface area contributed by atoms with Crippen molar-refractivity contribution in [3.8, 4) is 0 Å². The van der Waals surface area contributed by atoms with Gasteiger partial charge < -0.3 is 4.74 Å². The number of hydrogen-bond donors (Lipinski definition) is 0. The van der Waals surface area contributed by atoms with E-state index in [1.54, 1.807) is 12.1 Å². The van der Waals surface area contributed by atoms with Crippen molar-refractivity contribution in [2.45, 2.75) is 6.16 Å². The lowest BCUT2D eigenvalue weighted by Crippen LogP contribution is -2.02. The summed E-state index contributed by atoms with van der Waals surface area (Å²) in [5.41, 5.74) is 0.773. The molecule has 0 fully saturated rings. The summed E-state index contributed by atoms with van der Waals surface area (Å²) in [5, 5.41) is -2.35. The number of halogens is 5. The number of fused-ring (bicyclic) bond motifs is 1. The summed E-state index contributed by atoms with van der Waals surface area (Å²) in [6.45, 7) is 3.67. The Morgan fingerprint density at radius 2 is 1.76 bits per heavy atom. The van der Waals surface area contributed by atoms with Crippen LogP contribution in [0.15, 0.2) is 36.9 Å². The molecule has 0 unspecified atom stereocenters. The van der Waals surface area contributed by atoms with Gasteiger partial charge in [0.25, 0.3) is 5.85 Å². The summed E-state index contributed by atoms with van der Waals surface area (Å²) < 4.78 is 26.8. The highest BCUT2D eigenvalue weighted by Crippen LogP contribution is 2.61. The minimum atomic E-state index is -3.22. The lowest BCUT2D eigenvalue weighted by molar-refractivity contribution is 0.0555. The van der Waals surface area contributed by atoms with Gasteiger partial charge in [-0.05, 0) is 85.4 Å². The second-order valence-electron chi connectivity index (χ2n) is 4.50. The van der Waals surface area contributed by atoms with Crippen molar-refractivity contribution in [1.82, 2.24) is 0 Å². The highest BCUT2D eigenvalue weighted by atomic mass is 36.0. The number of ether oxygens (including phenoxy) is 1. The third kappa shape index (κ3) is 10.3. The number of thiophene rings is 1. The van der Waals surface area contributed by atoms with E-state index in [1.165, 1.54) is 17.4 Å². The number of rotatable bonds is 5. The van der Waals surface area contributed by atoms with Crippen molar-refractivity contribution in [1.29, 1.82) is 0 Å². The smallest absolute Gasteiger partial charge is 0.348 e. The lowest BCUT2D eigenvalue weighted by Gasteiger charge is -2.01. The Bertz CT molecular complexity index is 849. The van der Waals surface area contributed by atoms with E-state index >= 15 is 0 Å². The number of esters is 1. The van der Waals surface area contributed by atoms with Gasteiger partial charge in [0.1, 0.15) is 11.5 Å². The maximum atomic E-state index is 11.7. The molecule has 0 spiro atoms. The normalized spacial score (nSPS) is 11.6. The molecule has 138 valence electrons. The van der Waals surface area contributed by atoms with Crippen LogP contribution in [0.2, 0.25) is 0 Å². The summed E-state index contributed by atoms with van der Waals surface area (Å²) in [6.07, 6.45) is 1.62. The van der Waals surface area contributed by atoms with Crippen molar-refractivity contribution in [3.63, 3.8) is 0 Å². The molecule has 12 heteroatoms. The first kappa shape index (κ1) is 23.3. The van der Waals surface area contributed by atoms with Gasteiger partial charge >= 0.3 is 11.2 Å². The molecule has 0 aliphatic heterocycles. The average molecular weight is 503 g/mol. The number of benzene rings is 1. The van der Waals surface area contributed by atoms with E-state index in [2.05, 4.69) is 40.3 Å². The van der Waals surface area contributed by atoms with Crippen molar-refractivity contribution in [2.24, 2.45) is 0 Å². The molecule has 0 bridgehead atoms. The molecule has 2 aromatic rings. The molecule has 0 N–H and O–H groups in total. The Labute approximate surface area is 172 Å². The van der Waals surface area contributed by atoms with E-state index in [1.807, 2.05) is 12.1 Å². The van der Waals surface area contributed by atoms with Gasteiger partial charge in [0, 0.05) is 4.70 Å². The summed E-state index contributed by atoms with van der Waals surface area (Å²) >= 11 is 26.3. The molecule has 0 saturated carbocycles. The van der Waals surface area contributed by atoms with Gasteiger partial charge in [-0.15, -0.1) is 11.3 Å². The van der Waals surface area contributed by atoms with Gasteiger partial charge in [-0.1, -0.05) is 18.7 Å². The molecule has 0 saturated heterocycles. The third-order valence-electron chi connectivity index (χ3n) is 2.48. The minimum absolute atomic E-state index is 0.109. The van der Waals surface area contributed by atoms with Gasteiger partial charge in [0.05, 0.1) is 6.16 Å². The number of carbonyl (C=O) groups excluding carboxylic acids is 1. The van der Waals surface area contributed by atoms with E-state index in [0.29, 0.717) is 4.88 Å². The Hall–Kier alpha value is 0.300. The van der Waals surface area contributed by atoms with Crippen LogP contribution in [0.25, 0.3) is 10.1 Å². The molecule has 0 aliphatic rings. The zero-order valence-electron chi connectivity index (χ0n) is 12.3. The highest BCUT2D eigenvalue weighted by Gasteiger charge is 2.16. The predicted octanol–water partition coefficient (Wildman–Crippen LogP) is 8.23. The fourth-order valence-corrected chi connectivity index (χ4v) is 4.10. The average Bonchev–Trinajstić information content (AvgIpc) is 2.84. The molecular formula is C13H11Cl5O4P2S. The van der Waals surface area contributed by atoms with Gasteiger partial charge in [-0.3, -0.25) is 9.13 Å². The number of hydrogen-bond acceptors (Lipinski definition) is 5. The van der Waals surface area contributed by atoms with E-state index in [0.717, 1.165) is 15.6 Å². The monoisotopic (exact) mass is 500 g/mol. The third-order valence-corrected chi connectivity index (χ3v) is 5.03. The largest absolute Gasteiger partial charge is 0.457 e. The summed E-state index contributed by atoms with van der Waals surface area (Å²) in [7, 11) is 0. The SMILES string of the molecule is C=CCOC(=O)c1cc2cc(CP(=O)(Cl)Cl)ccc2s1.O=P(Cl)(Cl)Cl. The zero-order chi connectivity index (χ0) is 19.3. The molecule has 0 amide bonds. The predicted molar refractivity (Wildman–Crippen MR) is 110 cm³/mol. The van der Waals surface area contributed by atoms with Crippen LogP contribution >= 0.6 is 78.6 Å². The Morgan fingerprint density at radius 3 is 2.28 bits per heavy atom. The Morgan fingerprint density at radius 1 is 1.16 bits per heavy atom. The molecule has 1 aromatic carbocycles. The van der Waals surface area contributed by atoms with Crippen molar-refractivity contribution in [3.05, 3.63) is 47.4 Å². The van der Waals surface area contributed by atoms with Crippen molar-refractivity contribution < 1.29 is 18.7 Å². The van der Waals surface area contributed by atoms with Crippen molar-refractivity contribution in [2.75, 3.05) is 6.61 Å².